The number of nitriles is 2. The average Bonchev–Trinajstić information content (AvgIpc) is 2.68. The van der Waals surface area contributed by atoms with Crippen LogP contribution in [0.2, 0.25) is 0 Å². The standard InChI is InChI=1S/C20H10F2N2O2/c21-17-15(11-23)19(25-13-7-3-1-4-8-13)18(22)20(16(17)12-24)26-14-9-5-2-6-10-14/h1-10H. The summed E-state index contributed by atoms with van der Waals surface area (Å²) in [7, 11) is 0. The van der Waals surface area contributed by atoms with Crippen molar-refractivity contribution in [3.05, 3.63) is 83.4 Å². The molecule has 0 aromatic heterocycles. The SMILES string of the molecule is N#Cc1c(F)c(C#N)c(Oc2ccccc2)c(F)c1Oc1ccccc1. The maximum Gasteiger partial charge on any atom is 0.211 e. The molecule has 0 radical (unpaired) electrons. The van der Waals surface area contributed by atoms with Crippen LogP contribution >= 0.6 is 0 Å². The van der Waals surface area contributed by atoms with E-state index in [1.54, 1.807) is 48.5 Å². The van der Waals surface area contributed by atoms with Crippen molar-refractivity contribution in [2.45, 2.75) is 0 Å². The summed E-state index contributed by atoms with van der Waals surface area (Å²) in [5.74, 6) is -3.20. The first-order valence-corrected chi connectivity index (χ1v) is 7.46. The van der Waals surface area contributed by atoms with Crippen LogP contribution in [0.25, 0.3) is 0 Å². The number of hydrogen-bond acceptors (Lipinski definition) is 4. The van der Waals surface area contributed by atoms with Crippen molar-refractivity contribution in [1.29, 1.82) is 10.5 Å². The third-order valence-corrected chi connectivity index (χ3v) is 3.44. The van der Waals surface area contributed by atoms with Gasteiger partial charge in [-0.3, -0.25) is 0 Å². The van der Waals surface area contributed by atoms with Gasteiger partial charge in [-0.2, -0.15) is 14.9 Å². The Morgan fingerprint density at radius 1 is 0.615 bits per heavy atom. The predicted molar refractivity (Wildman–Crippen MR) is 88.8 cm³/mol. The van der Waals surface area contributed by atoms with Gasteiger partial charge in [-0.05, 0) is 24.3 Å². The van der Waals surface area contributed by atoms with E-state index in [2.05, 4.69) is 0 Å². The lowest BCUT2D eigenvalue weighted by Crippen LogP contribution is -2.03. The molecule has 6 heteroatoms. The van der Waals surface area contributed by atoms with Crippen molar-refractivity contribution in [3.8, 4) is 35.1 Å². The van der Waals surface area contributed by atoms with Crippen LogP contribution in [0.5, 0.6) is 23.0 Å². The first kappa shape index (κ1) is 16.9. The molecule has 0 aliphatic carbocycles. The van der Waals surface area contributed by atoms with Gasteiger partial charge < -0.3 is 9.47 Å². The molecule has 0 N–H and O–H groups in total. The van der Waals surface area contributed by atoms with E-state index in [1.807, 2.05) is 0 Å². The first-order chi connectivity index (χ1) is 12.7. The molecule has 0 bridgehead atoms. The molecule has 0 aliphatic rings. The summed E-state index contributed by atoms with van der Waals surface area (Å²) in [5, 5.41) is 18.4. The van der Waals surface area contributed by atoms with E-state index in [0.29, 0.717) is 0 Å². The van der Waals surface area contributed by atoms with Gasteiger partial charge in [0.15, 0.2) is 17.3 Å². The summed E-state index contributed by atoms with van der Waals surface area (Å²) < 4.78 is 40.3. The highest BCUT2D eigenvalue weighted by molar-refractivity contribution is 5.60. The Morgan fingerprint density at radius 2 is 1.00 bits per heavy atom. The van der Waals surface area contributed by atoms with Gasteiger partial charge in [0.05, 0.1) is 0 Å². The average molecular weight is 348 g/mol. The Hall–Kier alpha value is -3.90. The van der Waals surface area contributed by atoms with Gasteiger partial charge in [-0.15, -0.1) is 0 Å². The van der Waals surface area contributed by atoms with E-state index >= 15 is 0 Å². The molecule has 4 nitrogen and oxygen atoms in total. The number of halogens is 2. The molecule has 0 fully saturated rings. The third-order valence-electron chi connectivity index (χ3n) is 3.44. The van der Waals surface area contributed by atoms with Crippen molar-refractivity contribution in [2.24, 2.45) is 0 Å². The Labute approximate surface area is 148 Å². The van der Waals surface area contributed by atoms with Crippen LogP contribution in [0.3, 0.4) is 0 Å². The Balaban J connectivity index is 2.18. The second-order valence-corrected chi connectivity index (χ2v) is 5.09. The molecule has 26 heavy (non-hydrogen) atoms. The van der Waals surface area contributed by atoms with Gasteiger partial charge in [-0.1, -0.05) is 36.4 Å². The molecule has 0 unspecified atom stereocenters. The summed E-state index contributed by atoms with van der Waals surface area (Å²) in [4.78, 5) is 0. The highest BCUT2D eigenvalue weighted by atomic mass is 19.1. The molecule has 0 aliphatic heterocycles. The Morgan fingerprint density at radius 3 is 1.35 bits per heavy atom. The van der Waals surface area contributed by atoms with Crippen LogP contribution in [-0.2, 0) is 0 Å². The maximum atomic E-state index is 15.0. The summed E-state index contributed by atoms with van der Waals surface area (Å²) in [6, 6.07) is 19.2. The third kappa shape index (κ3) is 3.17. The Kier molecular flexibility index (Phi) is 4.78. The van der Waals surface area contributed by atoms with Gasteiger partial charge >= 0.3 is 0 Å². The van der Waals surface area contributed by atoms with Crippen molar-refractivity contribution in [3.63, 3.8) is 0 Å². The van der Waals surface area contributed by atoms with E-state index in [4.69, 9.17) is 9.47 Å². The topological polar surface area (TPSA) is 66.0 Å². The molecule has 3 rings (SSSR count). The van der Waals surface area contributed by atoms with E-state index in [0.717, 1.165) is 0 Å². The highest BCUT2D eigenvalue weighted by Crippen LogP contribution is 2.40. The lowest BCUT2D eigenvalue weighted by molar-refractivity contribution is 0.392. The van der Waals surface area contributed by atoms with Crippen LogP contribution in [-0.4, -0.2) is 0 Å². The minimum atomic E-state index is -1.20. The van der Waals surface area contributed by atoms with Crippen molar-refractivity contribution < 1.29 is 18.3 Å². The first-order valence-electron chi connectivity index (χ1n) is 7.46. The second kappa shape index (κ2) is 7.33. The van der Waals surface area contributed by atoms with Crippen LogP contribution in [0.1, 0.15) is 11.1 Å². The fourth-order valence-corrected chi connectivity index (χ4v) is 2.25. The highest BCUT2D eigenvalue weighted by Gasteiger charge is 2.28. The number of para-hydroxylation sites is 2. The molecule has 3 aromatic carbocycles. The predicted octanol–water partition coefficient (Wildman–Crippen LogP) is 5.29. The molecule has 0 saturated heterocycles. The van der Waals surface area contributed by atoms with Gasteiger partial charge in [0.2, 0.25) is 5.82 Å². The maximum absolute atomic E-state index is 15.0. The zero-order chi connectivity index (χ0) is 18.5. The summed E-state index contributed by atoms with van der Waals surface area (Å²) in [5.41, 5.74) is -1.41. The number of benzene rings is 3. The minimum Gasteiger partial charge on any atom is -0.453 e. The fraction of sp³-hybridized carbons (Fsp3) is 0. The van der Waals surface area contributed by atoms with Crippen molar-refractivity contribution in [2.75, 3.05) is 0 Å². The van der Waals surface area contributed by atoms with Crippen LogP contribution in [0.4, 0.5) is 8.78 Å². The van der Waals surface area contributed by atoms with Gasteiger partial charge in [-0.25, -0.2) is 4.39 Å². The molecule has 3 aromatic rings. The summed E-state index contributed by atoms with van der Waals surface area (Å²) in [6.07, 6.45) is 0. The summed E-state index contributed by atoms with van der Waals surface area (Å²) >= 11 is 0. The van der Waals surface area contributed by atoms with E-state index in [9.17, 15) is 19.3 Å². The fourth-order valence-electron chi connectivity index (χ4n) is 2.25. The molecule has 126 valence electrons. The molecule has 0 amide bonds. The zero-order valence-corrected chi connectivity index (χ0v) is 13.2. The molecule has 0 heterocycles. The molecular formula is C20H10F2N2O2. The van der Waals surface area contributed by atoms with E-state index in [-0.39, 0.29) is 11.5 Å². The van der Waals surface area contributed by atoms with Gasteiger partial charge in [0, 0.05) is 0 Å². The van der Waals surface area contributed by atoms with Crippen LogP contribution < -0.4 is 9.47 Å². The quantitative estimate of drug-likeness (QED) is 0.642. The summed E-state index contributed by atoms with van der Waals surface area (Å²) in [6.45, 7) is 0. The number of nitrogens with zero attached hydrogens (tertiary/aromatic N) is 2. The monoisotopic (exact) mass is 348 g/mol. The lowest BCUT2D eigenvalue weighted by atomic mass is 10.1. The van der Waals surface area contributed by atoms with Crippen LogP contribution in [0, 0.1) is 34.3 Å². The second-order valence-electron chi connectivity index (χ2n) is 5.09. The van der Waals surface area contributed by atoms with Crippen molar-refractivity contribution in [1.82, 2.24) is 0 Å². The minimum absolute atomic E-state index is 0.206. The number of hydrogen-bond donors (Lipinski definition) is 0. The van der Waals surface area contributed by atoms with Gasteiger partial charge in [0.1, 0.15) is 34.8 Å². The molecular weight excluding hydrogens is 338 g/mol. The van der Waals surface area contributed by atoms with Crippen molar-refractivity contribution >= 4 is 0 Å². The smallest absolute Gasteiger partial charge is 0.211 e. The Bertz CT molecular complexity index is 943. The van der Waals surface area contributed by atoms with E-state index < -0.39 is 34.3 Å². The van der Waals surface area contributed by atoms with E-state index in [1.165, 1.54) is 24.3 Å². The van der Waals surface area contributed by atoms with Gasteiger partial charge in [0.25, 0.3) is 0 Å². The molecule has 0 spiro atoms. The normalized spacial score (nSPS) is 9.85. The largest absolute Gasteiger partial charge is 0.453 e. The van der Waals surface area contributed by atoms with Crippen LogP contribution in [0.15, 0.2) is 60.7 Å². The lowest BCUT2D eigenvalue weighted by Gasteiger charge is -2.15. The molecule has 0 saturated carbocycles. The molecule has 0 atom stereocenters. The zero-order valence-electron chi connectivity index (χ0n) is 13.2. The number of ether oxygens (including phenoxy) is 2. The number of rotatable bonds is 4.